The van der Waals surface area contributed by atoms with Gasteiger partial charge in [-0.3, -0.25) is 10.1 Å². The summed E-state index contributed by atoms with van der Waals surface area (Å²) in [6.07, 6.45) is 9.65. The van der Waals surface area contributed by atoms with Gasteiger partial charge in [0.05, 0.1) is 11.5 Å². The van der Waals surface area contributed by atoms with E-state index in [1.807, 2.05) is 42.1 Å². The van der Waals surface area contributed by atoms with Crippen molar-refractivity contribution in [1.82, 2.24) is 0 Å². The molecule has 0 bridgehead atoms. The van der Waals surface area contributed by atoms with E-state index < -0.39 is 0 Å². The number of benzene rings is 2. The molecule has 0 spiro atoms. The van der Waals surface area contributed by atoms with Gasteiger partial charge >= 0.3 is 0 Å². The van der Waals surface area contributed by atoms with Crippen LogP contribution in [0.2, 0.25) is 0 Å². The SMILES string of the molecule is C=CCCCCCCCSCCOc1ccc(-c2ccc([N+](=O)[O-])cc2)cc1. The number of hydrogen-bond donors (Lipinski definition) is 0. The lowest BCUT2D eigenvalue weighted by Gasteiger charge is -2.07. The Labute approximate surface area is 172 Å². The molecule has 0 aliphatic heterocycles. The van der Waals surface area contributed by atoms with E-state index in [1.165, 1.54) is 50.0 Å². The zero-order valence-electron chi connectivity index (χ0n) is 16.3. The molecule has 0 aromatic heterocycles. The molecule has 0 atom stereocenters. The lowest BCUT2D eigenvalue weighted by Crippen LogP contribution is -2.00. The van der Waals surface area contributed by atoms with Crippen LogP contribution in [0.5, 0.6) is 5.75 Å². The molecule has 150 valence electrons. The first kappa shape index (κ1) is 22.0. The number of nitro groups is 1. The van der Waals surface area contributed by atoms with Gasteiger partial charge in [-0.1, -0.05) is 37.5 Å². The lowest BCUT2D eigenvalue weighted by molar-refractivity contribution is -0.384. The number of thioether (sulfide) groups is 1. The molecule has 0 radical (unpaired) electrons. The van der Waals surface area contributed by atoms with Crippen LogP contribution in [0.25, 0.3) is 11.1 Å². The third-order valence-corrected chi connectivity index (χ3v) is 5.49. The molecular weight excluding hydrogens is 370 g/mol. The van der Waals surface area contributed by atoms with Crippen LogP contribution in [0, 0.1) is 10.1 Å². The zero-order chi connectivity index (χ0) is 20.0. The molecule has 2 rings (SSSR count). The van der Waals surface area contributed by atoms with E-state index in [0.717, 1.165) is 29.1 Å². The Bertz CT molecular complexity index is 714. The molecule has 0 saturated carbocycles. The maximum absolute atomic E-state index is 10.7. The van der Waals surface area contributed by atoms with Gasteiger partial charge in [-0.2, -0.15) is 11.8 Å². The van der Waals surface area contributed by atoms with Crippen LogP contribution in [0.4, 0.5) is 5.69 Å². The summed E-state index contributed by atoms with van der Waals surface area (Å²) >= 11 is 1.95. The summed E-state index contributed by atoms with van der Waals surface area (Å²) in [4.78, 5) is 10.3. The van der Waals surface area contributed by atoms with Crippen LogP contribution in [0.3, 0.4) is 0 Å². The second kappa shape index (κ2) is 13.0. The van der Waals surface area contributed by atoms with Crippen molar-refractivity contribution in [2.75, 3.05) is 18.1 Å². The number of nitrogens with zero attached hydrogens (tertiary/aromatic N) is 1. The number of allylic oxidation sites excluding steroid dienone is 1. The first-order chi connectivity index (χ1) is 13.7. The molecule has 0 fully saturated rings. The number of non-ortho nitro benzene ring substituents is 1. The van der Waals surface area contributed by atoms with E-state index in [2.05, 4.69) is 6.58 Å². The maximum Gasteiger partial charge on any atom is 0.269 e. The van der Waals surface area contributed by atoms with Gasteiger partial charge in [-0.15, -0.1) is 6.58 Å². The normalized spacial score (nSPS) is 10.6. The van der Waals surface area contributed by atoms with Gasteiger partial charge in [0.15, 0.2) is 0 Å². The highest BCUT2D eigenvalue weighted by molar-refractivity contribution is 7.99. The highest BCUT2D eigenvalue weighted by Crippen LogP contribution is 2.24. The van der Waals surface area contributed by atoms with E-state index in [1.54, 1.807) is 12.1 Å². The van der Waals surface area contributed by atoms with E-state index in [0.29, 0.717) is 6.61 Å². The van der Waals surface area contributed by atoms with Gasteiger partial charge in [0.1, 0.15) is 5.75 Å². The number of unbranched alkanes of at least 4 members (excludes halogenated alkanes) is 5. The molecular formula is C23H29NO3S. The number of ether oxygens (including phenoxy) is 1. The van der Waals surface area contributed by atoms with E-state index >= 15 is 0 Å². The number of rotatable bonds is 14. The topological polar surface area (TPSA) is 52.4 Å². The van der Waals surface area contributed by atoms with Crippen LogP contribution in [-0.4, -0.2) is 23.0 Å². The van der Waals surface area contributed by atoms with Crippen molar-refractivity contribution < 1.29 is 9.66 Å². The summed E-state index contributed by atoms with van der Waals surface area (Å²) in [5.41, 5.74) is 2.08. The molecule has 0 amide bonds. The van der Waals surface area contributed by atoms with Crippen molar-refractivity contribution in [2.24, 2.45) is 0 Å². The molecule has 2 aromatic carbocycles. The highest BCUT2D eigenvalue weighted by atomic mass is 32.2. The van der Waals surface area contributed by atoms with Crippen LogP contribution < -0.4 is 4.74 Å². The molecule has 0 heterocycles. The van der Waals surface area contributed by atoms with Gasteiger partial charge in [0.25, 0.3) is 5.69 Å². The number of nitro benzene ring substituents is 1. The second-order valence-corrected chi connectivity index (χ2v) is 7.86. The molecule has 0 aliphatic rings. The Morgan fingerprint density at radius 1 is 0.893 bits per heavy atom. The fourth-order valence-corrected chi connectivity index (χ4v) is 3.68. The minimum Gasteiger partial charge on any atom is -0.493 e. The molecule has 0 aliphatic carbocycles. The third kappa shape index (κ3) is 8.17. The summed E-state index contributed by atoms with van der Waals surface area (Å²) in [5, 5.41) is 10.7. The molecule has 2 aromatic rings. The van der Waals surface area contributed by atoms with Gasteiger partial charge in [-0.25, -0.2) is 0 Å². The maximum atomic E-state index is 10.7. The van der Waals surface area contributed by atoms with Gasteiger partial charge in [-0.05, 0) is 60.4 Å². The monoisotopic (exact) mass is 399 g/mol. The minimum absolute atomic E-state index is 0.105. The lowest BCUT2D eigenvalue weighted by atomic mass is 10.1. The van der Waals surface area contributed by atoms with Crippen LogP contribution in [0.1, 0.15) is 38.5 Å². The molecule has 0 saturated heterocycles. The van der Waals surface area contributed by atoms with Crippen molar-refractivity contribution >= 4 is 17.4 Å². The summed E-state index contributed by atoms with van der Waals surface area (Å²) in [5.74, 6) is 3.05. The molecule has 0 unspecified atom stereocenters. The summed E-state index contributed by atoms with van der Waals surface area (Å²) in [7, 11) is 0. The fourth-order valence-electron chi connectivity index (χ4n) is 2.86. The van der Waals surface area contributed by atoms with Crippen molar-refractivity contribution in [3.63, 3.8) is 0 Å². The Morgan fingerprint density at radius 2 is 1.50 bits per heavy atom. The smallest absolute Gasteiger partial charge is 0.269 e. The fraction of sp³-hybridized carbons (Fsp3) is 0.391. The standard InChI is InChI=1S/C23H29NO3S/c1-2-3-4-5-6-7-8-18-28-19-17-27-23-15-11-21(12-16-23)20-9-13-22(14-10-20)24(25)26/h2,9-16H,1,3-8,17-19H2. The molecule has 0 N–H and O–H groups in total. The highest BCUT2D eigenvalue weighted by Gasteiger charge is 2.05. The predicted molar refractivity (Wildman–Crippen MR) is 119 cm³/mol. The van der Waals surface area contributed by atoms with Crippen molar-refractivity contribution in [2.45, 2.75) is 38.5 Å². The Morgan fingerprint density at radius 3 is 2.14 bits per heavy atom. The Kier molecular flexibility index (Phi) is 10.2. The molecule has 5 heteroatoms. The largest absolute Gasteiger partial charge is 0.493 e. The van der Waals surface area contributed by atoms with E-state index in [4.69, 9.17) is 4.74 Å². The predicted octanol–water partition coefficient (Wildman–Crippen LogP) is 6.90. The van der Waals surface area contributed by atoms with Crippen molar-refractivity contribution in [3.8, 4) is 16.9 Å². The van der Waals surface area contributed by atoms with Gasteiger partial charge in [0, 0.05) is 17.9 Å². The van der Waals surface area contributed by atoms with Crippen LogP contribution in [0.15, 0.2) is 61.2 Å². The van der Waals surface area contributed by atoms with E-state index in [9.17, 15) is 10.1 Å². The Hall–Kier alpha value is -2.27. The molecule has 4 nitrogen and oxygen atoms in total. The van der Waals surface area contributed by atoms with Crippen LogP contribution >= 0.6 is 11.8 Å². The van der Waals surface area contributed by atoms with Crippen LogP contribution in [-0.2, 0) is 0 Å². The van der Waals surface area contributed by atoms with Gasteiger partial charge in [0.2, 0.25) is 0 Å². The first-order valence-electron chi connectivity index (χ1n) is 9.87. The second-order valence-electron chi connectivity index (χ2n) is 6.63. The summed E-state index contributed by atoms with van der Waals surface area (Å²) in [6.45, 7) is 4.46. The zero-order valence-corrected chi connectivity index (χ0v) is 17.2. The van der Waals surface area contributed by atoms with Crippen molar-refractivity contribution in [1.29, 1.82) is 0 Å². The van der Waals surface area contributed by atoms with Gasteiger partial charge < -0.3 is 4.74 Å². The minimum atomic E-state index is -0.386. The summed E-state index contributed by atoms with van der Waals surface area (Å²) < 4.78 is 5.80. The van der Waals surface area contributed by atoms with Crippen molar-refractivity contribution in [3.05, 3.63) is 71.3 Å². The quantitative estimate of drug-likeness (QED) is 0.150. The third-order valence-electron chi connectivity index (χ3n) is 4.46. The first-order valence-corrected chi connectivity index (χ1v) is 11.0. The average molecular weight is 400 g/mol. The number of hydrogen-bond acceptors (Lipinski definition) is 4. The Balaban J connectivity index is 1.60. The summed E-state index contributed by atoms with van der Waals surface area (Å²) in [6, 6.07) is 14.5. The molecule has 28 heavy (non-hydrogen) atoms. The average Bonchev–Trinajstić information content (AvgIpc) is 2.72. The van der Waals surface area contributed by atoms with E-state index in [-0.39, 0.29) is 10.6 Å².